The standard InChI is InChI=1S/C11H13F3N2O2S/c1-10(6-15-16-7-10)19(17,18)9-4-2-3-8(5-9)11(12,13)14/h2-5,15-16H,6-7H2,1H3. The molecule has 4 nitrogen and oxygen atoms in total. The molecule has 0 amide bonds. The first kappa shape index (κ1) is 14.3. The van der Waals surface area contributed by atoms with Crippen molar-refractivity contribution in [2.24, 2.45) is 0 Å². The molecule has 0 aliphatic carbocycles. The summed E-state index contributed by atoms with van der Waals surface area (Å²) >= 11 is 0. The van der Waals surface area contributed by atoms with Crippen LogP contribution in [0.5, 0.6) is 0 Å². The van der Waals surface area contributed by atoms with E-state index in [0.717, 1.165) is 12.1 Å². The smallest absolute Gasteiger partial charge is 0.256 e. The maximum absolute atomic E-state index is 12.6. The van der Waals surface area contributed by atoms with Crippen LogP contribution in [-0.2, 0) is 16.0 Å². The van der Waals surface area contributed by atoms with Crippen molar-refractivity contribution in [3.8, 4) is 0 Å². The molecule has 0 unspecified atom stereocenters. The van der Waals surface area contributed by atoms with E-state index in [-0.39, 0.29) is 18.0 Å². The molecule has 19 heavy (non-hydrogen) atoms. The van der Waals surface area contributed by atoms with Gasteiger partial charge in [-0.25, -0.2) is 8.42 Å². The van der Waals surface area contributed by atoms with Gasteiger partial charge in [0.25, 0.3) is 0 Å². The fourth-order valence-electron chi connectivity index (χ4n) is 1.88. The van der Waals surface area contributed by atoms with Gasteiger partial charge in [0.2, 0.25) is 0 Å². The van der Waals surface area contributed by atoms with Gasteiger partial charge in [0.05, 0.1) is 10.5 Å². The summed E-state index contributed by atoms with van der Waals surface area (Å²) in [5.74, 6) is 0. The van der Waals surface area contributed by atoms with Crippen molar-refractivity contribution in [2.45, 2.75) is 22.7 Å². The van der Waals surface area contributed by atoms with Crippen LogP contribution in [-0.4, -0.2) is 26.3 Å². The minimum absolute atomic E-state index is 0.144. The Morgan fingerprint density at radius 2 is 1.79 bits per heavy atom. The van der Waals surface area contributed by atoms with Crippen LogP contribution in [0.25, 0.3) is 0 Å². The van der Waals surface area contributed by atoms with Gasteiger partial charge in [0.15, 0.2) is 9.84 Å². The van der Waals surface area contributed by atoms with Crippen LogP contribution in [0.3, 0.4) is 0 Å². The van der Waals surface area contributed by atoms with E-state index < -0.39 is 26.3 Å². The summed E-state index contributed by atoms with van der Waals surface area (Å²) < 4.78 is 61.4. The Hall–Kier alpha value is -1.12. The number of hydrogen-bond donors (Lipinski definition) is 2. The van der Waals surface area contributed by atoms with Crippen LogP contribution in [0.2, 0.25) is 0 Å². The molecule has 0 radical (unpaired) electrons. The molecule has 106 valence electrons. The van der Waals surface area contributed by atoms with Gasteiger partial charge in [0.1, 0.15) is 4.75 Å². The summed E-state index contributed by atoms with van der Waals surface area (Å²) in [6, 6.07) is 3.83. The quantitative estimate of drug-likeness (QED) is 0.864. The van der Waals surface area contributed by atoms with Crippen molar-refractivity contribution in [1.82, 2.24) is 10.9 Å². The predicted molar refractivity (Wildman–Crippen MR) is 63.0 cm³/mol. The second-order valence-corrected chi connectivity index (χ2v) is 7.15. The lowest BCUT2D eigenvalue weighted by Gasteiger charge is -2.22. The monoisotopic (exact) mass is 294 g/mol. The average Bonchev–Trinajstić information content (AvgIpc) is 2.77. The van der Waals surface area contributed by atoms with Gasteiger partial charge >= 0.3 is 6.18 Å². The summed E-state index contributed by atoms with van der Waals surface area (Å²) in [6.45, 7) is 1.78. The Balaban J connectivity index is 2.47. The molecule has 1 fully saturated rings. The number of alkyl halides is 3. The molecule has 1 aliphatic heterocycles. The molecule has 1 aliphatic rings. The van der Waals surface area contributed by atoms with Gasteiger partial charge < -0.3 is 0 Å². The van der Waals surface area contributed by atoms with E-state index in [2.05, 4.69) is 10.9 Å². The number of sulfone groups is 1. The topological polar surface area (TPSA) is 58.2 Å². The first-order valence-electron chi connectivity index (χ1n) is 5.54. The Kier molecular flexibility index (Phi) is 3.36. The normalized spacial score (nSPS) is 19.6. The highest BCUT2D eigenvalue weighted by Gasteiger charge is 2.43. The van der Waals surface area contributed by atoms with E-state index >= 15 is 0 Å². The van der Waals surface area contributed by atoms with Gasteiger partial charge in [-0.3, -0.25) is 10.9 Å². The van der Waals surface area contributed by atoms with Crippen LogP contribution in [0, 0.1) is 0 Å². The molecule has 1 aromatic rings. The maximum atomic E-state index is 12.6. The van der Waals surface area contributed by atoms with Gasteiger partial charge in [-0.2, -0.15) is 13.2 Å². The molecule has 0 spiro atoms. The summed E-state index contributed by atoms with van der Waals surface area (Å²) in [7, 11) is -3.85. The van der Waals surface area contributed by atoms with Crippen molar-refractivity contribution >= 4 is 9.84 Å². The van der Waals surface area contributed by atoms with E-state index in [9.17, 15) is 21.6 Å². The maximum Gasteiger partial charge on any atom is 0.416 e. The SMILES string of the molecule is CC1(S(=O)(=O)c2cccc(C(F)(F)F)c2)CNNC1. The Bertz CT molecular complexity index is 578. The number of hydrogen-bond acceptors (Lipinski definition) is 4. The minimum Gasteiger partial charge on any atom is -0.256 e. The molecule has 2 rings (SSSR count). The van der Waals surface area contributed by atoms with Gasteiger partial charge in [-0.05, 0) is 25.1 Å². The summed E-state index contributed by atoms with van der Waals surface area (Å²) in [6.07, 6.45) is -4.56. The highest BCUT2D eigenvalue weighted by molar-refractivity contribution is 7.93. The molecule has 2 N–H and O–H groups in total. The molecule has 0 saturated carbocycles. The highest BCUT2D eigenvalue weighted by Crippen LogP contribution is 2.33. The van der Waals surface area contributed by atoms with Crippen molar-refractivity contribution in [3.05, 3.63) is 29.8 Å². The largest absolute Gasteiger partial charge is 0.416 e. The second kappa shape index (κ2) is 4.46. The molecule has 0 aromatic heterocycles. The molecular weight excluding hydrogens is 281 g/mol. The Labute approximate surface area is 108 Å². The second-order valence-electron chi connectivity index (χ2n) is 4.69. The predicted octanol–water partition coefficient (Wildman–Crippen LogP) is 1.35. The summed E-state index contributed by atoms with van der Waals surface area (Å²) in [4.78, 5) is -0.310. The van der Waals surface area contributed by atoms with Crippen LogP contribution in [0.4, 0.5) is 13.2 Å². The van der Waals surface area contributed by atoms with Gasteiger partial charge in [-0.1, -0.05) is 6.07 Å². The van der Waals surface area contributed by atoms with E-state index in [1.54, 1.807) is 0 Å². The number of nitrogens with one attached hydrogen (secondary N) is 2. The molecule has 0 atom stereocenters. The summed E-state index contributed by atoms with van der Waals surface area (Å²) in [5, 5.41) is 0. The van der Waals surface area contributed by atoms with Crippen molar-refractivity contribution < 1.29 is 21.6 Å². The van der Waals surface area contributed by atoms with E-state index in [1.165, 1.54) is 13.0 Å². The van der Waals surface area contributed by atoms with Crippen LogP contribution >= 0.6 is 0 Å². The number of halogens is 3. The molecule has 1 heterocycles. The van der Waals surface area contributed by atoms with Crippen molar-refractivity contribution in [3.63, 3.8) is 0 Å². The lowest BCUT2D eigenvalue weighted by Crippen LogP contribution is -2.40. The Morgan fingerprint density at radius 3 is 2.32 bits per heavy atom. The third-order valence-corrected chi connectivity index (χ3v) is 5.63. The first-order valence-corrected chi connectivity index (χ1v) is 7.03. The third kappa shape index (κ3) is 2.47. The molecule has 1 saturated heterocycles. The zero-order chi connectivity index (χ0) is 14.3. The lowest BCUT2D eigenvalue weighted by atomic mass is 10.2. The lowest BCUT2D eigenvalue weighted by molar-refractivity contribution is -0.137. The fraction of sp³-hybridized carbons (Fsp3) is 0.455. The molecule has 1 aromatic carbocycles. The zero-order valence-corrected chi connectivity index (χ0v) is 10.9. The van der Waals surface area contributed by atoms with Gasteiger partial charge in [-0.15, -0.1) is 0 Å². The van der Waals surface area contributed by atoms with Crippen molar-refractivity contribution in [1.29, 1.82) is 0 Å². The van der Waals surface area contributed by atoms with E-state index in [4.69, 9.17) is 0 Å². The van der Waals surface area contributed by atoms with Gasteiger partial charge in [0, 0.05) is 13.1 Å². The van der Waals surface area contributed by atoms with Crippen LogP contribution in [0.1, 0.15) is 12.5 Å². The van der Waals surface area contributed by atoms with Crippen molar-refractivity contribution in [2.75, 3.05) is 13.1 Å². The van der Waals surface area contributed by atoms with E-state index in [0.29, 0.717) is 6.07 Å². The zero-order valence-electron chi connectivity index (χ0n) is 10.1. The van der Waals surface area contributed by atoms with Crippen LogP contribution in [0.15, 0.2) is 29.2 Å². The minimum atomic E-state index is -4.56. The average molecular weight is 294 g/mol. The number of rotatable bonds is 2. The third-order valence-electron chi connectivity index (χ3n) is 3.17. The summed E-state index contributed by atoms with van der Waals surface area (Å²) in [5.41, 5.74) is 4.40. The first-order chi connectivity index (χ1) is 8.67. The van der Waals surface area contributed by atoms with Crippen LogP contribution < -0.4 is 10.9 Å². The Morgan fingerprint density at radius 1 is 1.21 bits per heavy atom. The molecule has 0 bridgehead atoms. The molecule has 8 heteroatoms. The van der Waals surface area contributed by atoms with E-state index in [1.807, 2.05) is 0 Å². The number of hydrazine groups is 1. The fourth-order valence-corrected chi connectivity index (χ4v) is 3.51. The highest BCUT2D eigenvalue weighted by atomic mass is 32.2. The molecular formula is C11H13F3N2O2S. The number of benzene rings is 1.